The van der Waals surface area contributed by atoms with Gasteiger partial charge in [-0.3, -0.25) is 0 Å². The van der Waals surface area contributed by atoms with E-state index in [0.717, 1.165) is 30.8 Å². The normalized spacial score (nSPS) is 20.7. The molecule has 0 aromatic heterocycles. The molecule has 2 nitrogen and oxygen atoms in total. The zero-order valence-electron chi connectivity index (χ0n) is 14.1. The molecule has 0 aliphatic heterocycles. The van der Waals surface area contributed by atoms with Crippen molar-refractivity contribution in [2.24, 2.45) is 0 Å². The van der Waals surface area contributed by atoms with Crippen LogP contribution in [-0.2, 0) is 5.41 Å². The van der Waals surface area contributed by atoms with E-state index in [4.69, 9.17) is 9.47 Å². The summed E-state index contributed by atoms with van der Waals surface area (Å²) in [7, 11) is 3.41. The molecule has 2 aromatic carbocycles. The standard InChI is InChI=1S/C21H24O2/c1-21(18-6-10-20(23-3)11-7-18)14-12-17(13-15-21)16-4-8-19(22-2)9-5-16/h4-12H,13-15H2,1-3H3. The van der Waals surface area contributed by atoms with E-state index in [2.05, 4.69) is 49.4 Å². The van der Waals surface area contributed by atoms with Gasteiger partial charge in [0, 0.05) is 0 Å². The lowest BCUT2D eigenvalue weighted by molar-refractivity contribution is 0.410. The molecule has 3 rings (SSSR count). The number of hydrogen-bond acceptors (Lipinski definition) is 2. The predicted octanol–water partition coefficient (Wildman–Crippen LogP) is 5.23. The van der Waals surface area contributed by atoms with Gasteiger partial charge >= 0.3 is 0 Å². The van der Waals surface area contributed by atoms with Crippen LogP contribution in [0.15, 0.2) is 54.6 Å². The van der Waals surface area contributed by atoms with Crippen LogP contribution in [0.4, 0.5) is 0 Å². The molecule has 2 aromatic rings. The van der Waals surface area contributed by atoms with Gasteiger partial charge in [0.05, 0.1) is 14.2 Å². The van der Waals surface area contributed by atoms with Crippen LogP contribution in [0.2, 0.25) is 0 Å². The molecule has 0 spiro atoms. The molecule has 0 saturated carbocycles. The van der Waals surface area contributed by atoms with Crippen molar-refractivity contribution < 1.29 is 9.47 Å². The highest BCUT2D eigenvalue weighted by atomic mass is 16.5. The van der Waals surface area contributed by atoms with Crippen LogP contribution < -0.4 is 9.47 Å². The van der Waals surface area contributed by atoms with E-state index >= 15 is 0 Å². The van der Waals surface area contributed by atoms with E-state index < -0.39 is 0 Å². The van der Waals surface area contributed by atoms with E-state index in [0.29, 0.717) is 0 Å². The zero-order valence-corrected chi connectivity index (χ0v) is 14.1. The van der Waals surface area contributed by atoms with Crippen LogP contribution in [0.3, 0.4) is 0 Å². The minimum absolute atomic E-state index is 0.211. The summed E-state index contributed by atoms with van der Waals surface area (Å²) in [5.41, 5.74) is 4.35. The number of benzene rings is 2. The van der Waals surface area contributed by atoms with Crippen molar-refractivity contribution in [3.63, 3.8) is 0 Å². The molecule has 1 atom stereocenters. The second-order valence-electron chi connectivity index (χ2n) is 6.45. The Morgan fingerprint density at radius 2 is 1.39 bits per heavy atom. The number of allylic oxidation sites excluding steroid dienone is 2. The van der Waals surface area contributed by atoms with Gasteiger partial charge in [0.1, 0.15) is 11.5 Å². The summed E-state index contributed by atoms with van der Waals surface area (Å²) in [5.74, 6) is 1.83. The van der Waals surface area contributed by atoms with Crippen LogP contribution in [0.25, 0.3) is 5.57 Å². The van der Waals surface area contributed by atoms with Crippen molar-refractivity contribution in [3.8, 4) is 11.5 Å². The van der Waals surface area contributed by atoms with Crippen molar-refractivity contribution in [1.29, 1.82) is 0 Å². The number of rotatable bonds is 4. The second-order valence-corrected chi connectivity index (χ2v) is 6.45. The highest BCUT2D eigenvalue weighted by Gasteiger charge is 2.29. The van der Waals surface area contributed by atoms with Gasteiger partial charge in [-0.25, -0.2) is 0 Å². The Labute approximate surface area is 138 Å². The molecule has 0 heterocycles. The molecular weight excluding hydrogens is 284 g/mol. The smallest absolute Gasteiger partial charge is 0.118 e. The molecule has 23 heavy (non-hydrogen) atoms. The molecule has 0 fully saturated rings. The summed E-state index contributed by atoms with van der Waals surface area (Å²) >= 11 is 0. The quantitative estimate of drug-likeness (QED) is 0.770. The second kappa shape index (κ2) is 6.49. The average molecular weight is 308 g/mol. The van der Waals surface area contributed by atoms with Gasteiger partial charge in [0.2, 0.25) is 0 Å². The monoisotopic (exact) mass is 308 g/mol. The summed E-state index contributed by atoms with van der Waals surface area (Å²) in [4.78, 5) is 0. The van der Waals surface area contributed by atoms with Gasteiger partial charge in [-0.15, -0.1) is 0 Å². The molecule has 120 valence electrons. The first-order valence-electron chi connectivity index (χ1n) is 8.13. The fraction of sp³-hybridized carbons (Fsp3) is 0.333. The molecule has 0 bridgehead atoms. The predicted molar refractivity (Wildman–Crippen MR) is 95.2 cm³/mol. The Bertz CT molecular complexity index is 683. The zero-order chi connectivity index (χ0) is 16.3. The first-order valence-corrected chi connectivity index (χ1v) is 8.13. The van der Waals surface area contributed by atoms with Crippen LogP contribution in [-0.4, -0.2) is 14.2 Å². The fourth-order valence-corrected chi connectivity index (χ4v) is 3.29. The van der Waals surface area contributed by atoms with Crippen molar-refractivity contribution in [2.75, 3.05) is 14.2 Å². The summed E-state index contributed by atoms with van der Waals surface area (Å²) in [6.07, 6.45) is 5.74. The number of methoxy groups -OCH3 is 2. The highest BCUT2D eigenvalue weighted by molar-refractivity contribution is 5.67. The van der Waals surface area contributed by atoms with Gasteiger partial charge in [-0.2, -0.15) is 0 Å². The fourth-order valence-electron chi connectivity index (χ4n) is 3.29. The average Bonchev–Trinajstić information content (AvgIpc) is 2.62. The first-order chi connectivity index (χ1) is 11.1. The molecule has 1 aliphatic rings. The molecule has 1 aliphatic carbocycles. The van der Waals surface area contributed by atoms with Gasteiger partial charge in [0.25, 0.3) is 0 Å². The minimum Gasteiger partial charge on any atom is -0.497 e. The third kappa shape index (κ3) is 3.26. The summed E-state index contributed by atoms with van der Waals surface area (Å²) in [6, 6.07) is 16.9. The Morgan fingerprint density at radius 3 is 1.87 bits per heavy atom. The number of ether oxygens (including phenoxy) is 2. The molecule has 0 N–H and O–H groups in total. The molecule has 0 radical (unpaired) electrons. The van der Waals surface area contributed by atoms with Crippen molar-refractivity contribution in [1.82, 2.24) is 0 Å². The first kappa shape index (κ1) is 15.7. The van der Waals surface area contributed by atoms with E-state index in [1.807, 2.05) is 12.1 Å². The van der Waals surface area contributed by atoms with E-state index in [1.54, 1.807) is 14.2 Å². The third-order valence-electron chi connectivity index (χ3n) is 4.99. The van der Waals surface area contributed by atoms with Crippen molar-refractivity contribution in [2.45, 2.75) is 31.6 Å². The Morgan fingerprint density at radius 1 is 0.826 bits per heavy atom. The largest absolute Gasteiger partial charge is 0.497 e. The maximum atomic E-state index is 5.26. The van der Waals surface area contributed by atoms with Gasteiger partial charge in [-0.05, 0) is 65.6 Å². The molecule has 2 heteroatoms. The van der Waals surface area contributed by atoms with Gasteiger partial charge in [-0.1, -0.05) is 37.3 Å². The number of hydrogen-bond donors (Lipinski definition) is 0. The van der Waals surface area contributed by atoms with Gasteiger partial charge in [0.15, 0.2) is 0 Å². The van der Waals surface area contributed by atoms with E-state index in [-0.39, 0.29) is 5.41 Å². The highest BCUT2D eigenvalue weighted by Crippen LogP contribution is 2.41. The van der Waals surface area contributed by atoms with Crippen molar-refractivity contribution >= 4 is 5.57 Å². The van der Waals surface area contributed by atoms with Crippen LogP contribution in [0.5, 0.6) is 11.5 Å². The SMILES string of the molecule is COc1ccc(C2=CCC(C)(c3ccc(OC)cc3)CC2)cc1. The molecular formula is C21H24O2. The Balaban J connectivity index is 1.77. The molecule has 1 unspecified atom stereocenters. The Hall–Kier alpha value is -2.22. The third-order valence-corrected chi connectivity index (χ3v) is 4.99. The summed E-state index contributed by atoms with van der Waals surface area (Å²) < 4.78 is 10.5. The van der Waals surface area contributed by atoms with Crippen LogP contribution >= 0.6 is 0 Å². The lowest BCUT2D eigenvalue weighted by Crippen LogP contribution is -2.24. The van der Waals surface area contributed by atoms with Crippen LogP contribution in [0, 0.1) is 0 Å². The summed E-state index contributed by atoms with van der Waals surface area (Å²) in [6.45, 7) is 2.36. The summed E-state index contributed by atoms with van der Waals surface area (Å²) in [5, 5.41) is 0. The lowest BCUT2D eigenvalue weighted by atomic mass is 9.71. The maximum absolute atomic E-state index is 5.26. The van der Waals surface area contributed by atoms with Gasteiger partial charge < -0.3 is 9.47 Å². The van der Waals surface area contributed by atoms with E-state index in [9.17, 15) is 0 Å². The Kier molecular flexibility index (Phi) is 4.42. The van der Waals surface area contributed by atoms with Crippen molar-refractivity contribution in [3.05, 3.63) is 65.7 Å². The lowest BCUT2D eigenvalue weighted by Gasteiger charge is -2.33. The molecule has 0 amide bonds. The molecule has 0 saturated heterocycles. The maximum Gasteiger partial charge on any atom is 0.118 e. The topological polar surface area (TPSA) is 18.5 Å². The van der Waals surface area contributed by atoms with E-state index in [1.165, 1.54) is 16.7 Å². The minimum atomic E-state index is 0.211. The van der Waals surface area contributed by atoms with Crippen LogP contribution in [0.1, 0.15) is 37.3 Å².